The lowest BCUT2D eigenvalue weighted by Gasteiger charge is -2.28. The smallest absolute Gasteiger partial charge is 0.258 e. The zero-order valence-corrected chi connectivity index (χ0v) is 14.0. The molecule has 1 fully saturated rings. The number of hydrogen-bond donors (Lipinski definition) is 1. The van der Waals surface area contributed by atoms with E-state index in [-0.39, 0.29) is 11.6 Å². The fraction of sp³-hybridized carbons (Fsp3) is 0.471. The Hall–Kier alpha value is -1.20. The molecule has 1 aliphatic rings. The summed E-state index contributed by atoms with van der Waals surface area (Å²) in [5.41, 5.74) is 6.03. The van der Waals surface area contributed by atoms with Crippen LogP contribution in [0.2, 0.25) is 0 Å². The van der Waals surface area contributed by atoms with Crippen molar-refractivity contribution in [3.05, 3.63) is 45.0 Å². The minimum atomic E-state index is -0.406. The predicted octanol–water partition coefficient (Wildman–Crippen LogP) is 3.81. The number of pyridine rings is 1. The largest absolute Gasteiger partial charge is 0.327 e. The first kappa shape index (κ1) is 15.7. The summed E-state index contributed by atoms with van der Waals surface area (Å²) in [6.45, 7) is 0.644. The van der Waals surface area contributed by atoms with Gasteiger partial charge in [0.25, 0.3) is 5.56 Å². The van der Waals surface area contributed by atoms with Gasteiger partial charge >= 0.3 is 0 Å². The van der Waals surface area contributed by atoms with Crippen LogP contribution in [0.5, 0.6) is 0 Å². The molecule has 5 heteroatoms. The molecular weight excluding hydrogens is 347 g/mol. The van der Waals surface area contributed by atoms with Crippen LogP contribution in [0.15, 0.2) is 33.7 Å². The molecule has 3 nitrogen and oxygen atoms in total. The fourth-order valence-electron chi connectivity index (χ4n) is 3.35. The van der Waals surface area contributed by atoms with E-state index in [9.17, 15) is 9.18 Å². The van der Waals surface area contributed by atoms with E-state index in [0.29, 0.717) is 22.3 Å². The van der Waals surface area contributed by atoms with Gasteiger partial charge in [0.1, 0.15) is 5.82 Å². The van der Waals surface area contributed by atoms with Crippen LogP contribution in [-0.2, 0) is 6.54 Å². The molecule has 0 spiro atoms. The average Bonchev–Trinajstić information content (AvgIpc) is 2.50. The Labute approximate surface area is 137 Å². The maximum Gasteiger partial charge on any atom is 0.258 e. The monoisotopic (exact) mass is 366 g/mol. The molecule has 0 saturated heterocycles. The number of nitrogens with zero attached hydrogens (tertiary/aromatic N) is 1. The summed E-state index contributed by atoms with van der Waals surface area (Å²) in [4.78, 5) is 12.5. The van der Waals surface area contributed by atoms with E-state index in [1.807, 2.05) is 6.07 Å². The highest BCUT2D eigenvalue weighted by molar-refractivity contribution is 9.10. The number of rotatable bonds is 3. The second-order valence-corrected chi connectivity index (χ2v) is 7.02. The third kappa shape index (κ3) is 3.10. The first-order valence-corrected chi connectivity index (χ1v) is 8.59. The van der Waals surface area contributed by atoms with Crippen LogP contribution in [0.3, 0.4) is 0 Å². The van der Waals surface area contributed by atoms with E-state index < -0.39 is 5.82 Å². The van der Waals surface area contributed by atoms with Crippen LogP contribution in [0.25, 0.3) is 10.8 Å². The summed E-state index contributed by atoms with van der Waals surface area (Å²) in [6.07, 6.45) is 7.36. The number of nitrogens with two attached hydrogens (primary N) is 1. The molecule has 1 heterocycles. The average molecular weight is 367 g/mol. The molecule has 22 heavy (non-hydrogen) atoms. The molecule has 1 aromatic heterocycles. The van der Waals surface area contributed by atoms with Crippen molar-refractivity contribution in [1.82, 2.24) is 4.57 Å². The minimum absolute atomic E-state index is 0.131. The van der Waals surface area contributed by atoms with E-state index in [1.165, 1.54) is 18.9 Å². The molecule has 2 atom stereocenters. The first-order valence-electron chi connectivity index (χ1n) is 7.80. The summed E-state index contributed by atoms with van der Waals surface area (Å²) in [5.74, 6) is 0.0784. The molecule has 0 unspecified atom stereocenters. The lowest BCUT2D eigenvalue weighted by molar-refractivity contribution is 0.279. The topological polar surface area (TPSA) is 48.0 Å². The Morgan fingerprint density at radius 2 is 2.09 bits per heavy atom. The van der Waals surface area contributed by atoms with E-state index in [2.05, 4.69) is 15.9 Å². The highest BCUT2D eigenvalue weighted by Gasteiger charge is 2.21. The van der Waals surface area contributed by atoms with Crippen molar-refractivity contribution in [2.45, 2.75) is 44.7 Å². The summed E-state index contributed by atoms with van der Waals surface area (Å²) in [7, 11) is 0. The number of hydrogen-bond acceptors (Lipinski definition) is 2. The number of aryl methyl sites for hydroxylation is 1. The van der Waals surface area contributed by atoms with Gasteiger partial charge in [-0.15, -0.1) is 0 Å². The molecule has 2 aromatic rings. The van der Waals surface area contributed by atoms with Gasteiger partial charge in [0.05, 0.1) is 9.86 Å². The Bertz CT molecular complexity index is 743. The Morgan fingerprint density at radius 1 is 1.32 bits per heavy atom. The van der Waals surface area contributed by atoms with Gasteiger partial charge in [-0.3, -0.25) is 4.79 Å². The van der Waals surface area contributed by atoms with Crippen molar-refractivity contribution in [1.29, 1.82) is 0 Å². The van der Waals surface area contributed by atoms with Crippen LogP contribution in [0, 0.1) is 11.7 Å². The zero-order chi connectivity index (χ0) is 15.7. The Morgan fingerprint density at radius 3 is 2.86 bits per heavy atom. The van der Waals surface area contributed by atoms with Gasteiger partial charge in [0.15, 0.2) is 0 Å². The maximum atomic E-state index is 13.7. The number of fused-ring (bicyclic) bond motifs is 1. The van der Waals surface area contributed by atoms with Crippen LogP contribution >= 0.6 is 15.9 Å². The third-order valence-electron chi connectivity index (χ3n) is 4.73. The van der Waals surface area contributed by atoms with Crippen molar-refractivity contribution in [3.8, 4) is 0 Å². The van der Waals surface area contributed by atoms with Gasteiger partial charge < -0.3 is 10.3 Å². The third-order valence-corrected chi connectivity index (χ3v) is 5.33. The lowest BCUT2D eigenvalue weighted by Crippen LogP contribution is -2.34. The quantitative estimate of drug-likeness (QED) is 0.897. The molecule has 1 aliphatic carbocycles. The molecule has 0 radical (unpaired) electrons. The highest BCUT2D eigenvalue weighted by atomic mass is 79.9. The van der Waals surface area contributed by atoms with E-state index in [0.717, 1.165) is 24.6 Å². The predicted molar refractivity (Wildman–Crippen MR) is 90.4 cm³/mol. The Kier molecular flexibility index (Phi) is 4.64. The first-order chi connectivity index (χ1) is 10.6. The molecule has 0 amide bonds. The van der Waals surface area contributed by atoms with Crippen LogP contribution in [-0.4, -0.2) is 10.6 Å². The Balaban J connectivity index is 1.84. The summed E-state index contributed by atoms with van der Waals surface area (Å²) >= 11 is 3.15. The zero-order valence-electron chi connectivity index (χ0n) is 12.4. The van der Waals surface area contributed by atoms with Crippen LogP contribution < -0.4 is 11.3 Å². The second-order valence-electron chi connectivity index (χ2n) is 6.16. The van der Waals surface area contributed by atoms with Crippen molar-refractivity contribution >= 4 is 26.7 Å². The van der Waals surface area contributed by atoms with Crippen molar-refractivity contribution < 1.29 is 4.39 Å². The summed E-state index contributed by atoms with van der Waals surface area (Å²) < 4.78 is 15.7. The lowest BCUT2D eigenvalue weighted by atomic mass is 9.83. The molecular formula is C17H20BrFN2O. The van der Waals surface area contributed by atoms with Gasteiger partial charge in [-0.25, -0.2) is 4.39 Å². The van der Waals surface area contributed by atoms with Gasteiger partial charge in [-0.05, 0) is 64.7 Å². The van der Waals surface area contributed by atoms with Gasteiger partial charge in [-0.2, -0.15) is 0 Å². The normalized spacial score (nSPS) is 22.1. The van der Waals surface area contributed by atoms with Gasteiger partial charge in [0, 0.05) is 18.8 Å². The van der Waals surface area contributed by atoms with E-state index in [4.69, 9.17) is 5.73 Å². The molecule has 0 aliphatic heterocycles. The van der Waals surface area contributed by atoms with E-state index in [1.54, 1.807) is 16.8 Å². The van der Waals surface area contributed by atoms with Gasteiger partial charge in [0.2, 0.25) is 0 Å². The van der Waals surface area contributed by atoms with E-state index >= 15 is 0 Å². The molecule has 118 valence electrons. The number of benzene rings is 1. The minimum Gasteiger partial charge on any atom is -0.327 e. The summed E-state index contributed by atoms with van der Waals surface area (Å²) in [5, 5.41) is 1.18. The molecule has 2 N–H and O–H groups in total. The summed E-state index contributed by atoms with van der Waals surface area (Å²) in [6, 6.07) is 5.07. The molecule has 1 aromatic carbocycles. The molecule has 1 saturated carbocycles. The standard InChI is InChI=1S/C17H20BrFN2O/c18-14-9-12-6-8-21(17(22)13(12)10-15(14)19)7-5-11-3-1-2-4-16(11)20/h6,8-11,16H,1-5,7,20H2/t11-,16+/m1/s1. The molecule has 0 bridgehead atoms. The van der Waals surface area contributed by atoms with Crippen molar-refractivity contribution in [3.63, 3.8) is 0 Å². The SMILES string of the molecule is N[C@H]1CCCC[C@@H]1CCn1ccc2cc(Br)c(F)cc2c1=O. The number of aromatic nitrogens is 1. The van der Waals surface area contributed by atoms with Gasteiger partial charge in [-0.1, -0.05) is 12.8 Å². The second kappa shape index (κ2) is 6.50. The molecule has 3 rings (SSSR count). The fourth-order valence-corrected chi connectivity index (χ4v) is 3.71. The van der Waals surface area contributed by atoms with Crippen LogP contribution in [0.1, 0.15) is 32.1 Å². The van der Waals surface area contributed by atoms with Crippen molar-refractivity contribution in [2.75, 3.05) is 0 Å². The maximum absolute atomic E-state index is 13.7. The van der Waals surface area contributed by atoms with Crippen molar-refractivity contribution in [2.24, 2.45) is 11.7 Å². The van der Waals surface area contributed by atoms with Crippen LogP contribution in [0.4, 0.5) is 4.39 Å². The highest BCUT2D eigenvalue weighted by Crippen LogP contribution is 2.26. The number of halogens is 2.